The van der Waals surface area contributed by atoms with Crippen LogP contribution in [0.2, 0.25) is 0 Å². The molecule has 20 heavy (non-hydrogen) atoms. The van der Waals surface area contributed by atoms with E-state index in [1.54, 1.807) is 30.3 Å². The van der Waals surface area contributed by atoms with Gasteiger partial charge in [0.1, 0.15) is 0 Å². The van der Waals surface area contributed by atoms with Crippen molar-refractivity contribution in [3.63, 3.8) is 0 Å². The molecule has 0 aliphatic rings. The van der Waals surface area contributed by atoms with E-state index in [-0.39, 0.29) is 11.6 Å². The molecular formula is C14H16N4O2. The van der Waals surface area contributed by atoms with Gasteiger partial charge in [-0.15, -0.1) is 0 Å². The Morgan fingerprint density at radius 1 is 1.15 bits per heavy atom. The Balaban J connectivity index is 1.90. The fourth-order valence-corrected chi connectivity index (χ4v) is 1.71. The molecule has 0 unspecified atom stereocenters. The maximum Gasteiger partial charge on any atom is 0.290 e. The van der Waals surface area contributed by atoms with Gasteiger partial charge in [-0.1, -0.05) is 31.5 Å². The van der Waals surface area contributed by atoms with Crippen LogP contribution in [0.1, 0.15) is 39.9 Å². The molecule has 0 spiro atoms. The molecule has 1 heterocycles. The number of aromatic nitrogens is 2. The number of amides is 2. The summed E-state index contributed by atoms with van der Waals surface area (Å²) in [5, 5.41) is 6.68. The molecule has 0 aliphatic carbocycles. The van der Waals surface area contributed by atoms with E-state index < -0.39 is 5.91 Å². The molecule has 2 amide bonds. The van der Waals surface area contributed by atoms with Crippen molar-refractivity contribution in [2.75, 3.05) is 0 Å². The molecule has 0 saturated heterocycles. The number of rotatable bonds is 4. The zero-order valence-electron chi connectivity index (χ0n) is 11.1. The molecule has 0 radical (unpaired) electrons. The largest absolute Gasteiger partial charge is 0.290 e. The third kappa shape index (κ3) is 3.44. The number of benzene rings is 1. The highest BCUT2D eigenvalue weighted by molar-refractivity contribution is 5.98. The summed E-state index contributed by atoms with van der Waals surface area (Å²) in [5.41, 5.74) is 6.30. The Hall–Kier alpha value is -2.63. The second-order valence-corrected chi connectivity index (χ2v) is 4.30. The first-order chi connectivity index (χ1) is 9.70. The Bertz CT molecular complexity index is 592. The summed E-state index contributed by atoms with van der Waals surface area (Å²) < 4.78 is 0. The number of hydrogen-bond acceptors (Lipinski definition) is 3. The highest BCUT2D eigenvalue weighted by atomic mass is 16.2. The minimum absolute atomic E-state index is 0.252. The van der Waals surface area contributed by atoms with E-state index in [0.717, 1.165) is 18.5 Å². The van der Waals surface area contributed by atoms with Crippen molar-refractivity contribution in [3.8, 4) is 0 Å². The van der Waals surface area contributed by atoms with Gasteiger partial charge in [0.2, 0.25) is 0 Å². The van der Waals surface area contributed by atoms with Crippen LogP contribution < -0.4 is 10.9 Å². The summed E-state index contributed by atoms with van der Waals surface area (Å²) in [6, 6.07) is 10.3. The average molecular weight is 272 g/mol. The Morgan fingerprint density at radius 3 is 2.55 bits per heavy atom. The van der Waals surface area contributed by atoms with Crippen LogP contribution in [0.25, 0.3) is 0 Å². The van der Waals surface area contributed by atoms with Gasteiger partial charge in [0, 0.05) is 11.3 Å². The maximum absolute atomic E-state index is 11.8. The number of hydrazine groups is 1. The van der Waals surface area contributed by atoms with Gasteiger partial charge >= 0.3 is 0 Å². The van der Waals surface area contributed by atoms with Gasteiger partial charge in [0.05, 0.1) is 0 Å². The van der Waals surface area contributed by atoms with E-state index in [4.69, 9.17) is 0 Å². The molecule has 6 heteroatoms. The molecule has 3 N–H and O–H groups in total. The van der Waals surface area contributed by atoms with Gasteiger partial charge in [-0.05, 0) is 24.6 Å². The van der Waals surface area contributed by atoms with Crippen molar-refractivity contribution >= 4 is 11.8 Å². The lowest BCUT2D eigenvalue weighted by Crippen LogP contribution is -2.41. The van der Waals surface area contributed by atoms with Crippen LogP contribution >= 0.6 is 0 Å². The standard InChI is InChI=1S/C14H16N4O2/c1-2-6-11-9-12(16-15-11)14(20)18-17-13(19)10-7-4-3-5-8-10/h3-5,7-9H,2,6H2,1H3,(H,15,16)(H,17,19)(H,18,20). The summed E-state index contributed by atoms with van der Waals surface area (Å²) >= 11 is 0. The SMILES string of the molecule is CCCc1cc(C(=O)NNC(=O)c2ccccc2)n[nH]1. The molecule has 0 fully saturated rings. The highest BCUT2D eigenvalue weighted by Crippen LogP contribution is 2.02. The zero-order valence-corrected chi connectivity index (χ0v) is 11.1. The summed E-state index contributed by atoms with van der Waals surface area (Å²) in [5.74, 6) is -0.823. The summed E-state index contributed by atoms with van der Waals surface area (Å²) in [6.45, 7) is 2.04. The van der Waals surface area contributed by atoms with Crippen LogP contribution in [-0.2, 0) is 6.42 Å². The number of carbonyl (C=O) groups is 2. The van der Waals surface area contributed by atoms with Crippen LogP contribution in [0.4, 0.5) is 0 Å². The second-order valence-electron chi connectivity index (χ2n) is 4.30. The molecule has 0 aliphatic heterocycles. The van der Waals surface area contributed by atoms with Crippen molar-refractivity contribution in [1.82, 2.24) is 21.0 Å². The van der Waals surface area contributed by atoms with E-state index in [9.17, 15) is 9.59 Å². The molecule has 6 nitrogen and oxygen atoms in total. The number of nitrogens with zero attached hydrogens (tertiary/aromatic N) is 1. The van der Waals surface area contributed by atoms with Crippen LogP contribution in [0.5, 0.6) is 0 Å². The minimum atomic E-state index is -0.451. The number of hydrogen-bond donors (Lipinski definition) is 3. The molecule has 0 atom stereocenters. The zero-order chi connectivity index (χ0) is 14.4. The molecular weight excluding hydrogens is 256 g/mol. The van der Waals surface area contributed by atoms with Crippen molar-refractivity contribution in [1.29, 1.82) is 0 Å². The summed E-state index contributed by atoms with van der Waals surface area (Å²) in [6.07, 6.45) is 1.80. The van der Waals surface area contributed by atoms with Gasteiger partial charge in [0.15, 0.2) is 5.69 Å². The first kappa shape index (κ1) is 13.8. The van der Waals surface area contributed by atoms with Crippen molar-refractivity contribution < 1.29 is 9.59 Å². The predicted molar refractivity (Wildman–Crippen MR) is 74.0 cm³/mol. The molecule has 0 saturated carbocycles. The first-order valence-corrected chi connectivity index (χ1v) is 6.40. The van der Waals surface area contributed by atoms with Crippen LogP contribution in [0.15, 0.2) is 36.4 Å². The smallest absolute Gasteiger partial charge is 0.282 e. The van der Waals surface area contributed by atoms with E-state index in [1.807, 2.05) is 13.0 Å². The van der Waals surface area contributed by atoms with Gasteiger partial charge < -0.3 is 0 Å². The van der Waals surface area contributed by atoms with Crippen LogP contribution in [-0.4, -0.2) is 22.0 Å². The topological polar surface area (TPSA) is 86.9 Å². The van der Waals surface area contributed by atoms with Gasteiger partial charge in [-0.25, -0.2) is 0 Å². The minimum Gasteiger partial charge on any atom is -0.282 e. The summed E-state index contributed by atoms with van der Waals surface area (Å²) in [4.78, 5) is 23.5. The molecule has 1 aromatic heterocycles. The molecule has 2 rings (SSSR count). The average Bonchev–Trinajstić information content (AvgIpc) is 2.94. The van der Waals surface area contributed by atoms with E-state index in [1.165, 1.54) is 0 Å². The third-order valence-electron chi connectivity index (χ3n) is 2.71. The first-order valence-electron chi connectivity index (χ1n) is 6.40. The normalized spacial score (nSPS) is 10.1. The third-order valence-corrected chi connectivity index (χ3v) is 2.71. The Morgan fingerprint density at radius 2 is 1.85 bits per heavy atom. The van der Waals surface area contributed by atoms with Crippen molar-refractivity contribution in [2.24, 2.45) is 0 Å². The Labute approximate surface area is 116 Å². The predicted octanol–water partition coefficient (Wildman–Crippen LogP) is 1.44. The second kappa shape index (κ2) is 6.51. The van der Waals surface area contributed by atoms with E-state index >= 15 is 0 Å². The van der Waals surface area contributed by atoms with Gasteiger partial charge in [0.25, 0.3) is 11.8 Å². The highest BCUT2D eigenvalue weighted by Gasteiger charge is 2.11. The molecule has 1 aromatic carbocycles. The van der Waals surface area contributed by atoms with Crippen LogP contribution in [0.3, 0.4) is 0 Å². The number of aryl methyl sites for hydroxylation is 1. The lowest BCUT2D eigenvalue weighted by atomic mass is 10.2. The van der Waals surface area contributed by atoms with Crippen molar-refractivity contribution in [2.45, 2.75) is 19.8 Å². The lowest BCUT2D eigenvalue weighted by Gasteiger charge is -2.05. The van der Waals surface area contributed by atoms with Gasteiger partial charge in [-0.2, -0.15) is 5.10 Å². The van der Waals surface area contributed by atoms with Crippen LogP contribution in [0, 0.1) is 0 Å². The summed E-state index contributed by atoms with van der Waals surface area (Å²) in [7, 11) is 0. The van der Waals surface area contributed by atoms with Crippen molar-refractivity contribution in [3.05, 3.63) is 53.3 Å². The monoisotopic (exact) mass is 272 g/mol. The number of nitrogens with one attached hydrogen (secondary N) is 3. The fraction of sp³-hybridized carbons (Fsp3) is 0.214. The number of aromatic amines is 1. The Kier molecular flexibility index (Phi) is 4.49. The molecule has 2 aromatic rings. The number of H-pyrrole nitrogens is 1. The fourth-order valence-electron chi connectivity index (χ4n) is 1.71. The molecule has 104 valence electrons. The lowest BCUT2D eigenvalue weighted by molar-refractivity contribution is 0.0844. The van der Waals surface area contributed by atoms with E-state index in [2.05, 4.69) is 21.0 Å². The van der Waals surface area contributed by atoms with E-state index in [0.29, 0.717) is 5.56 Å². The molecule has 0 bridgehead atoms. The van der Waals surface area contributed by atoms with Gasteiger partial charge in [-0.3, -0.25) is 25.5 Å². The number of carbonyl (C=O) groups excluding carboxylic acids is 2. The maximum atomic E-state index is 11.8. The quantitative estimate of drug-likeness (QED) is 0.736.